The summed E-state index contributed by atoms with van der Waals surface area (Å²) in [5.41, 5.74) is 0.655. The molecule has 0 radical (unpaired) electrons. The summed E-state index contributed by atoms with van der Waals surface area (Å²) in [7, 11) is 0. The maximum Gasteiger partial charge on any atom is 0.290 e. The van der Waals surface area contributed by atoms with E-state index in [4.69, 9.17) is 0 Å². The second-order valence-electron chi connectivity index (χ2n) is 4.43. The van der Waals surface area contributed by atoms with Gasteiger partial charge in [0.1, 0.15) is 12.0 Å². The number of anilines is 1. The molecule has 0 spiro atoms. The molecule has 5 nitrogen and oxygen atoms in total. The quantitative estimate of drug-likeness (QED) is 0.681. The number of thiophene rings is 1. The SMILES string of the molecule is Cc1ccc(C(C)Nc2cc(C)c([N+](=O)[O-])cn2)s1. The van der Waals surface area contributed by atoms with Crippen molar-refractivity contribution in [2.24, 2.45) is 0 Å². The van der Waals surface area contributed by atoms with Gasteiger partial charge in [-0.05, 0) is 39.0 Å². The molecule has 0 amide bonds. The molecule has 1 unspecified atom stereocenters. The van der Waals surface area contributed by atoms with Crippen molar-refractivity contribution in [1.82, 2.24) is 4.98 Å². The van der Waals surface area contributed by atoms with Crippen LogP contribution in [0.2, 0.25) is 0 Å². The Morgan fingerprint density at radius 1 is 1.42 bits per heavy atom. The monoisotopic (exact) mass is 277 g/mol. The van der Waals surface area contributed by atoms with Gasteiger partial charge in [-0.25, -0.2) is 4.98 Å². The Kier molecular flexibility index (Phi) is 3.80. The number of aryl methyl sites for hydroxylation is 2. The summed E-state index contributed by atoms with van der Waals surface area (Å²) >= 11 is 1.73. The molecule has 0 aliphatic heterocycles. The van der Waals surface area contributed by atoms with Crippen molar-refractivity contribution >= 4 is 22.8 Å². The molecular formula is C13H15N3O2S. The molecule has 2 aromatic heterocycles. The zero-order valence-corrected chi connectivity index (χ0v) is 11.8. The van der Waals surface area contributed by atoms with Crippen molar-refractivity contribution in [3.8, 4) is 0 Å². The molecule has 2 rings (SSSR count). The van der Waals surface area contributed by atoms with Crippen molar-refractivity contribution in [2.45, 2.75) is 26.8 Å². The topological polar surface area (TPSA) is 68.1 Å². The molecule has 0 bridgehead atoms. The standard InChI is InChI=1S/C13H15N3O2S/c1-8-6-13(14-7-11(8)16(17)18)15-10(3)12-5-4-9(2)19-12/h4-7,10H,1-3H3,(H,14,15). The Labute approximate surface area is 115 Å². The molecule has 0 saturated heterocycles. The zero-order chi connectivity index (χ0) is 14.0. The van der Waals surface area contributed by atoms with E-state index in [-0.39, 0.29) is 11.7 Å². The third-order valence-corrected chi connectivity index (χ3v) is 4.02. The molecular weight excluding hydrogens is 262 g/mol. The van der Waals surface area contributed by atoms with Gasteiger partial charge >= 0.3 is 0 Å². The molecule has 1 N–H and O–H groups in total. The second kappa shape index (κ2) is 5.36. The molecule has 2 aromatic rings. The first-order chi connectivity index (χ1) is 8.97. The largest absolute Gasteiger partial charge is 0.363 e. The number of hydrogen-bond donors (Lipinski definition) is 1. The number of nitrogens with one attached hydrogen (secondary N) is 1. The highest BCUT2D eigenvalue weighted by Crippen LogP contribution is 2.26. The lowest BCUT2D eigenvalue weighted by molar-refractivity contribution is -0.385. The zero-order valence-electron chi connectivity index (χ0n) is 11.0. The normalized spacial score (nSPS) is 12.2. The Morgan fingerprint density at radius 2 is 2.16 bits per heavy atom. The van der Waals surface area contributed by atoms with Crippen LogP contribution in [-0.4, -0.2) is 9.91 Å². The lowest BCUT2D eigenvalue weighted by Crippen LogP contribution is -2.07. The average molecular weight is 277 g/mol. The van der Waals surface area contributed by atoms with E-state index in [9.17, 15) is 10.1 Å². The van der Waals surface area contributed by atoms with Crippen LogP contribution in [-0.2, 0) is 0 Å². The van der Waals surface area contributed by atoms with Crippen molar-refractivity contribution in [3.63, 3.8) is 0 Å². The Balaban J connectivity index is 2.15. The second-order valence-corrected chi connectivity index (χ2v) is 5.75. The van der Waals surface area contributed by atoms with Crippen LogP contribution in [0, 0.1) is 24.0 Å². The number of nitro groups is 1. The Morgan fingerprint density at radius 3 is 2.68 bits per heavy atom. The first-order valence-electron chi connectivity index (χ1n) is 5.91. The molecule has 100 valence electrons. The number of rotatable bonds is 4. The third-order valence-electron chi connectivity index (χ3n) is 2.83. The van der Waals surface area contributed by atoms with Crippen LogP contribution in [0.3, 0.4) is 0 Å². The molecule has 0 fully saturated rings. The summed E-state index contributed by atoms with van der Waals surface area (Å²) in [5.74, 6) is 0.654. The van der Waals surface area contributed by atoms with E-state index in [1.165, 1.54) is 16.0 Å². The number of nitrogens with zero attached hydrogens (tertiary/aromatic N) is 2. The molecule has 0 saturated carbocycles. The van der Waals surface area contributed by atoms with E-state index in [2.05, 4.69) is 29.4 Å². The minimum atomic E-state index is -0.418. The van der Waals surface area contributed by atoms with Gasteiger partial charge in [0, 0.05) is 15.3 Å². The van der Waals surface area contributed by atoms with Gasteiger partial charge in [-0.15, -0.1) is 11.3 Å². The third kappa shape index (κ3) is 3.08. The fraction of sp³-hybridized carbons (Fsp3) is 0.308. The Hall–Kier alpha value is -1.95. The maximum absolute atomic E-state index is 10.7. The summed E-state index contributed by atoms with van der Waals surface area (Å²) in [6, 6.07) is 5.99. The van der Waals surface area contributed by atoms with Crippen molar-refractivity contribution in [2.75, 3.05) is 5.32 Å². The van der Waals surface area contributed by atoms with Crippen molar-refractivity contribution in [3.05, 3.63) is 49.8 Å². The van der Waals surface area contributed by atoms with Gasteiger partial charge in [-0.3, -0.25) is 10.1 Å². The maximum atomic E-state index is 10.7. The molecule has 6 heteroatoms. The van der Waals surface area contributed by atoms with Gasteiger partial charge in [-0.1, -0.05) is 0 Å². The van der Waals surface area contributed by atoms with Gasteiger partial charge in [0.25, 0.3) is 5.69 Å². The van der Waals surface area contributed by atoms with Crippen LogP contribution in [0.15, 0.2) is 24.4 Å². The van der Waals surface area contributed by atoms with Gasteiger partial charge < -0.3 is 5.32 Å². The number of hydrogen-bond acceptors (Lipinski definition) is 5. The van der Waals surface area contributed by atoms with E-state index < -0.39 is 4.92 Å². The summed E-state index contributed by atoms with van der Waals surface area (Å²) in [4.78, 5) is 16.9. The van der Waals surface area contributed by atoms with Crippen LogP contribution < -0.4 is 5.32 Å². The summed E-state index contributed by atoms with van der Waals surface area (Å²) in [6.45, 7) is 5.82. The number of aromatic nitrogens is 1. The smallest absolute Gasteiger partial charge is 0.290 e. The minimum absolute atomic E-state index is 0.0465. The fourth-order valence-corrected chi connectivity index (χ4v) is 2.68. The van der Waals surface area contributed by atoms with Gasteiger partial charge in [0.2, 0.25) is 0 Å². The average Bonchev–Trinajstić information content (AvgIpc) is 2.75. The fourth-order valence-electron chi connectivity index (χ4n) is 1.80. The van der Waals surface area contributed by atoms with Gasteiger partial charge in [0.15, 0.2) is 0 Å². The first-order valence-corrected chi connectivity index (χ1v) is 6.73. The van der Waals surface area contributed by atoms with Gasteiger partial charge in [-0.2, -0.15) is 0 Å². The van der Waals surface area contributed by atoms with Crippen molar-refractivity contribution in [1.29, 1.82) is 0 Å². The lowest BCUT2D eigenvalue weighted by atomic mass is 10.2. The minimum Gasteiger partial charge on any atom is -0.363 e. The molecule has 0 aromatic carbocycles. The molecule has 1 atom stereocenters. The summed E-state index contributed by atoms with van der Waals surface area (Å²) in [5, 5.41) is 14.0. The number of pyridine rings is 1. The van der Waals surface area contributed by atoms with E-state index in [0.717, 1.165) is 0 Å². The van der Waals surface area contributed by atoms with Crippen LogP contribution in [0.25, 0.3) is 0 Å². The molecule has 0 aliphatic rings. The predicted octanol–water partition coefficient (Wildman–Crippen LogP) is 3.84. The highest BCUT2D eigenvalue weighted by atomic mass is 32.1. The first kappa shape index (κ1) is 13.5. The van der Waals surface area contributed by atoms with Crippen LogP contribution in [0.1, 0.15) is 28.3 Å². The van der Waals surface area contributed by atoms with Crippen molar-refractivity contribution < 1.29 is 4.92 Å². The predicted molar refractivity (Wildman–Crippen MR) is 76.7 cm³/mol. The summed E-state index contributed by atoms with van der Waals surface area (Å²) < 4.78 is 0. The molecule has 2 heterocycles. The van der Waals surface area contributed by atoms with Crippen LogP contribution in [0.5, 0.6) is 0 Å². The van der Waals surface area contributed by atoms with E-state index in [0.29, 0.717) is 11.4 Å². The molecule has 0 aliphatic carbocycles. The van der Waals surface area contributed by atoms with Crippen LogP contribution >= 0.6 is 11.3 Å². The summed E-state index contributed by atoms with van der Waals surface area (Å²) in [6.07, 6.45) is 1.30. The molecule has 19 heavy (non-hydrogen) atoms. The Bertz CT molecular complexity index is 610. The highest BCUT2D eigenvalue weighted by molar-refractivity contribution is 7.12. The lowest BCUT2D eigenvalue weighted by Gasteiger charge is -2.13. The van der Waals surface area contributed by atoms with Gasteiger partial charge in [0.05, 0.1) is 11.0 Å². The van der Waals surface area contributed by atoms with E-state index in [1.807, 2.05) is 6.92 Å². The van der Waals surface area contributed by atoms with E-state index in [1.54, 1.807) is 24.3 Å². The highest BCUT2D eigenvalue weighted by Gasteiger charge is 2.13. The van der Waals surface area contributed by atoms with E-state index >= 15 is 0 Å². The van der Waals surface area contributed by atoms with Crippen LogP contribution in [0.4, 0.5) is 11.5 Å².